The fraction of sp³-hybridized carbons (Fsp3) is 0.235. The molecule has 0 spiro atoms. The van der Waals surface area contributed by atoms with Crippen LogP contribution in [0, 0.1) is 0 Å². The molecule has 0 saturated carbocycles. The van der Waals surface area contributed by atoms with Crippen molar-refractivity contribution >= 4 is 5.97 Å². The van der Waals surface area contributed by atoms with Gasteiger partial charge in [-0.25, -0.2) is 0 Å². The van der Waals surface area contributed by atoms with Gasteiger partial charge in [0.1, 0.15) is 5.75 Å². The van der Waals surface area contributed by atoms with Gasteiger partial charge in [-0.3, -0.25) is 4.79 Å². The van der Waals surface area contributed by atoms with Gasteiger partial charge in [-0.05, 0) is 42.2 Å². The van der Waals surface area contributed by atoms with Crippen LogP contribution in [-0.4, -0.2) is 17.2 Å². The number of hydrogen-bond acceptors (Lipinski definition) is 3. The molecule has 0 fully saturated rings. The van der Waals surface area contributed by atoms with Gasteiger partial charge in [0.25, 0.3) is 0 Å². The molecule has 0 aliphatic heterocycles. The molecule has 1 N–H and O–H groups in total. The van der Waals surface area contributed by atoms with Crippen LogP contribution in [0.2, 0.25) is 0 Å². The second-order valence-electron chi connectivity index (χ2n) is 4.87. The van der Waals surface area contributed by atoms with Crippen LogP contribution in [0.1, 0.15) is 19.4 Å². The Balaban J connectivity index is 2.13. The third-order valence-electron chi connectivity index (χ3n) is 2.93. The van der Waals surface area contributed by atoms with Gasteiger partial charge in [0.15, 0.2) is 0 Å². The second-order valence-corrected chi connectivity index (χ2v) is 4.87. The number of esters is 1. The van der Waals surface area contributed by atoms with Crippen LogP contribution in [0.15, 0.2) is 48.5 Å². The average Bonchev–Trinajstić information content (AvgIpc) is 2.39. The number of rotatable bonds is 4. The zero-order chi connectivity index (χ0) is 14.5. The molecule has 2 aromatic carbocycles. The lowest BCUT2D eigenvalue weighted by atomic mass is 10.0. The predicted molar refractivity (Wildman–Crippen MR) is 78.6 cm³/mol. The molecule has 20 heavy (non-hydrogen) atoms. The first kappa shape index (κ1) is 14.3. The van der Waals surface area contributed by atoms with Crippen molar-refractivity contribution in [2.24, 2.45) is 0 Å². The van der Waals surface area contributed by atoms with E-state index < -0.39 is 0 Å². The molecule has 0 radical (unpaired) electrons. The molecule has 0 aromatic heterocycles. The molecule has 3 heteroatoms. The molecule has 0 aliphatic rings. The molecular formula is C17H18O3. The summed E-state index contributed by atoms with van der Waals surface area (Å²) in [5.41, 5.74) is 3.26. The molecule has 1 atom stereocenters. The van der Waals surface area contributed by atoms with Gasteiger partial charge in [0.2, 0.25) is 0 Å². The van der Waals surface area contributed by atoms with Crippen LogP contribution in [0.5, 0.6) is 5.75 Å². The zero-order valence-electron chi connectivity index (χ0n) is 11.7. The smallest absolute Gasteiger partial charge is 0.308 e. The number of carbonyl (C=O) groups is 1. The van der Waals surface area contributed by atoms with Gasteiger partial charge >= 0.3 is 5.97 Å². The number of benzene rings is 2. The summed E-state index contributed by atoms with van der Waals surface area (Å²) >= 11 is 0. The molecule has 0 amide bonds. The first-order chi connectivity index (χ1) is 9.54. The van der Waals surface area contributed by atoms with Crippen molar-refractivity contribution < 1.29 is 14.6 Å². The van der Waals surface area contributed by atoms with Crippen LogP contribution in [0.4, 0.5) is 0 Å². The molecule has 2 rings (SSSR count). The summed E-state index contributed by atoms with van der Waals surface area (Å²) in [6.07, 6.45) is 0.329. The molecule has 0 saturated heterocycles. The Bertz CT molecular complexity index is 568. The topological polar surface area (TPSA) is 46.5 Å². The molecular weight excluding hydrogens is 252 g/mol. The van der Waals surface area contributed by atoms with E-state index in [-0.39, 0.29) is 12.1 Å². The van der Waals surface area contributed by atoms with Crippen molar-refractivity contribution in [2.75, 3.05) is 0 Å². The summed E-state index contributed by atoms with van der Waals surface area (Å²) in [6, 6.07) is 15.5. The highest BCUT2D eigenvalue weighted by molar-refractivity contribution is 5.70. The van der Waals surface area contributed by atoms with E-state index in [9.17, 15) is 9.90 Å². The monoisotopic (exact) mass is 270 g/mol. The van der Waals surface area contributed by atoms with Gasteiger partial charge in [0, 0.05) is 6.92 Å². The van der Waals surface area contributed by atoms with Crippen LogP contribution in [0.25, 0.3) is 11.1 Å². The Labute approximate surface area is 118 Å². The van der Waals surface area contributed by atoms with Crippen molar-refractivity contribution in [3.05, 3.63) is 54.1 Å². The Morgan fingerprint density at radius 1 is 1.05 bits per heavy atom. The Hall–Kier alpha value is -2.13. The maximum Gasteiger partial charge on any atom is 0.308 e. The summed E-state index contributed by atoms with van der Waals surface area (Å²) in [4.78, 5) is 10.9. The maximum atomic E-state index is 10.9. The third-order valence-corrected chi connectivity index (χ3v) is 2.93. The van der Waals surface area contributed by atoms with Crippen molar-refractivity contribution in [1.29, 1.82) is 0 Å². The van der Waals surface area contributed by atoms with Crippen LogP contribution >= 0.6 is 0 Å². The fourth-order valence-corrected chi connectivity index (χ4v) is 2.06. The number of carbonyl (C=O) groups excluding carboxylic acids is 1. The largest absolute Gasteiger partial charge is 0.427 e. The second kappa shape index (κ2) is 6.35. The number of hydrogen-bond donors (Lipinski definition) is 1. The summed E-state index contributed by atoms with van der Waals surface area (Å²) < 4.78 is 5.00. The molecule has 2 aromatic rings. The van der Waals surface area contributed by atoms with Crippen molar-refractivity contribution in [2.45, 2.75) is 26.4 Å². The van der Waals surface area contributed by atoms with Crippen LogP contribution < -0.4 is 4.74 Å². The van der Waals surface area contributed by atoms with E-state index in [4.69, 9.17) is 4.74 Å². The van der Waals surface area contributed by atoms with E-state index in [1.54, 1.807) is 19.1 Å². The molecule has 1 unspecified atom stereocenters. The molecule has 104 valence electrons. The van der Waals surface area contributed by atoms with E-state index in [1.165, 1.54) is 6.92 Å². The molecule has 0 heterocycles. The minimum absolute atomic E-state index is 0.319. The highest BCUT2D eigenvalue weighted by atomic mass is 16.5. The fourth-order valence-electron chi connectivity index (χ4n) is 2.06. The quantitative estimate of drug-likeness (QED) is 0.685. The Morgan fingerprint density at radius 2 is 1.55 bits per heavy atom. The van der Waals surface area contributed by atoms with Crippen LogP contribution in [-0.2, 0) is 11.2 Å². The van der Waals surface area contributed by atoms with Gasteiger partial charge in [-0.1, -0.05) is 36.4 Å². The normalized spacial score (nSPS) is 11.9. The zero-order valence-corrected chi connectivity index (χ0v) is 11.7. The van der Waals surface area contributed by atoms with E-state index >= 15 is 0 Å². The highest BCUT2D eigenvalue weighted by Crippen LogP contribution is 2.23. The summed E-state index contributed by atoms with van der Waals surface area (Å²) in [5.74, 6) is 0.229. The van der Waals surface area contributed by atoms with Crippen molar-refractivity contribution in [3.63, 3.8) is 0 Å². The summed E-state index contributed by atoms with van der Waals surface area (Å²) in [7, 11) is 0. The molecule has 3 nitrogen and oxygen atoms in total. The van der Waals surface area contributed by atoms with Gasteiger partial charge in [-0.15, -0.1) is 0 Å². The summed E-state index contributed by atoms with van der Waals surface area (Å²) in [5, 5.41) is 9.35. The number of aliphatic hydroxyl groups excluding tert-OH is 1. The standard InChI is InChI=1S/C17H18O3/c1-12(18)11-14-3-5-15(6-4-14)16-7-9-17(10-8-16)20-13(2)19/h3-10,12,18H,11H2,1-2H3. The van der Waals surface area contributed by atoms with E-state index in [0.717, 1.165) is 16.7 Å². The van der Waals surface area contributed by atoms with Crippen molar-refractivity contribution in [1.82, 2.24) is 0 Å². The lowest BCUT2D eigenvalue weighted by Gasteiger charge is -2.07. The van der Waals surface area contributed by atoms with Crippen molar-refractivity contribution in [3.8, 4) is 16.9 Å². The van der Waals surface area contributed by atoms with E-state index in [0.29, 0.717) is 12.2 Å². The van der Waals surface area contributed by atoms with Gasteiger partial charge in [0.05, 0.1) is 6.10 Å². The van der Waals surface area contributed by atoms with Crippen LogP contribution in [0.3, 0.4) is 0 Å². The molecule has 0 aliphatic carbocycles. The van der Waals surface area contributed by atoms with E-state index in [2.05, 4.69) is 0 Å². The van der Waals surface area contributed by atoms with Gasteiger partial charge in [-0.2, -0.15) is 0 Å². The van der Waals surface area contributed by atoms with Gasteiger partial charge < -0.3 is 9.84 Å². The summed E-state index contributed by atoms with van der Waals surface area (Å²) in [6.45, 7) is 3.16. The average molecular weight is 270 g/mol. The maximum absolute atomic E-state index is 10.9. The molecule has 0 bridgehead atoms. The first-order valence-electron chi connectivity index (χ1n) is 6.60. The lowest BCUT2D eigenvalue weighted by Crippen LogP contribution is -2.03. The first-order valence-corrected chi connectivity index (χ1v) is 6.60. The number of aliphatic hydroxyl groups is 1. The Kier molecular flexibility index (Phi) is 4.53. The minimum atomic E-state index is -0.330. The number of ether oxygens (including phenoxy) is 1. The third kappa shape index (κ3) is 3.93. The highest BCUT2D eigenvalue weighted by Gasteiger charge is 2.02. The van der Waals surface area contributed by atoms with E-state index in [1.807, 2.05) is 36.4 Å². The predicted octanol–water partition coefficient (Wildman–Crippen LogP) is 3.20. The SMILES string of the molecule is CC(=O)Oc1ccc(-c2ccc(CC(C)O)cc2)cc1. The Morgan fingerprint density at radius 3 is 2.00 bits per heavy atom. The lowest BCUT2D eigenvalue weighted by molar-refractivity contribution is -0.131. The minimum Gasteiger partial charge on any atom is -0.427 e.